The second-order valence-electron chi connectivity index (χ2n) is 9.59. The number of carbonyl (C=O) groups excluding carboxylic acids is 1. The highest BCUT2D eigenvalue weighted by Gasteiger charge is 2.31. The molecule has 218 valence electrons. The number of ether oxygens (including phenoxy) is 5. The van der Waals surface area contributed by atoms with Crippen LogP contribution in [0.5, 0.6) is 23.0 Å². The Bertz CT molecular complexity index is 1600. The lowest BCUT2D eigenvalue weighted by Gasteiger charge is -2.23. The van der Waals surface area contributed by atoms with E-state index in [1.54, 1.807) is 18.2 Å². The normalized spacial score (nSPS) is 14.7. The summed E-state index contributed by atoms with van der Waals surface area (Å²) >= 11 is 1.24. The van der Waals surface area contributed by atoms with Crippen LogP contribution in [0.3, 0.4) is 0 Å². The van der Waals surface area contributed by atoms with E-state index >= 15 is 0 Å². The van der Waals surface area contributed by atoms with Crippen LogP contribution in [-0.4, -0.2) is 44.1 Å². The van der Waals surface area contributed by atoms with Gasteiger partial charge in [-0.15, -0.1) is 0 Å². The fourth-order valence-corrected chi connectivity index (χ4v) is 5.37. The first-order chi connectivity index (χ1) is 19.8. The van der Waals surface area contributed by atoms with Gasteiger partial charge in [0.2, 0.25) is 0 Å². The van der Waals surface area contributed by atoms with Crippen molar-refractivity contribution in [1.29, 1.82) is 0 Å². The van der Waals surface area contributed by atoms with Crippen molar-refractivity contribution >= 4 is 23.4 Å². The maximum absolute atomic E-state index is 13.9. The molecule has 2 aromatic carbocycles. The molecule has 1 aromatic heterocycles. The van der Waals surface area contributed by atoms with E-state index in [9.17, 15) is 9.59 Å². The zero-order valence-electron chi connectivity index (χ0n) is 24.3. The van der Waals surface area contributed by atoms with Crippen molar-refractivity contribution in [1.82, 2.24) is 4.57 Å². The second-order valence-corrected chi connectivity index (χ2v) is 10.6. The number of hydrogen-bond donors (Lipinski definition) is 0. The molecule has 3 aromatic rings. The van der Waals surface area contributed by atoms with Gasteiger partial charge in [-0.05, 0) is 68.2 Å². The standard InChI is InChI=1S/C31H36N2O7S/c1-7-37-23-13-11-21(16-26(23)39-9-3)28-22(30(35)36-6)17-32-31-33(28)29(34)27(41-31)15-20-10-12-24(40-18-19(4)5)25(14-20)38-8-2/h10-17,19,28H,7-9,18H2,1-6H3/b27-15-/t28-/m0/s1. The molecule has 0 N–H and O–H groups in total. The van der Waals surface area contributed by atoms with Crippen LogP contribution in [0.15, 0.2) is 58.0 Å². The highest BCUT2D eigenvalue weighted by atomic mass is 32.1. The molecule has 1 atom stereocenters. The highest BCUT2D eigenvalue weighted by molar-refractivity contribution is 7.07. The third-order valence-electron chi connectivity index (χ3n) is 6.15. The summed E-state index contributed by atoms with van der Waals surface area (Å²) in [6.45, 7) is 11.8. The number of methoxy groups -OCH3 is 1. The van der Waals surface area contributed by atoms with E-state index < -0.39 is 12.0 Å². The van der Waals surface area contributed by atoms with Crippen LogP contribution in [0.2, 0.25) is 0 Å². The van der Waals surface area contributed by atoms with Crippen LogP contribution in [0.1, 0.15) is 51.8 Å². The lowest BCUT2D eigenvalue weighted by molar-refractivity contribution is -0.136. The maximum Gasteiger partial charge on any atom is 0.337 e. The minimum absolute atomic E-state index is 0.239. The highest BCUT2D eigenvalue weighted by Crippen LogP contribution is 2.35. The van der Waals surface area contributed by atoms with Crippen molar-refractivity contribution in [2.75, 3.05) is 33.5 Å². The molecule has 9 nitrogen and oxygen atoms in total. The molecule has 0 aliphatic carbocycles. The number of hydrogen-bond acceptors (Lipinski definition) is 9. The number of benzene rings is 2. The molecule has 0 saturated heterocycles. The number of aromatic nitrogens is 1. The minimum Gasteiger partial charge on any atom is -0.490 e. The molecule has 0 amide bonds. The summed E-state index contributed by atoms with van der Waals surface area (Å²) < 4.78 is 30.3. The van der Waals surface area contributed by atoms with Gasteiger partial charge in [0, 0.05) is 6.20 Å². The van der Waals surface area contributed by atoms with Gasteiger partial charge in [-0.25, -0.2) is 9.79 Å². The number of carbonyl (C=O) groups is 1. The average molecular weight is 581 g/mol. The molecular formula is C31H36N2O7S. The van der Waals surface area contributed by atoms with Gasteiger partial charge in [-0.1, -0.05) is 37.3 Å². The molecule has 2 heterocycles. The van der Waals surface area contributed by atoms with Gasteiger partial charge in [-0.2, -0.15) is 0 Å². The Labute approximate surface area is 243 Å². The van der Waals surface area contributed by atoms with Crippen molar-refractivity contribution in [2.45, 2.75) is 40.7 Å². The van der Waals surface area contributed by atoms with Crippen LogP contribution in [-0.2, 0) is 9.53 Å². The zero-order chi connectivity index (χ0) is 29.5. The van der Waals surface area contributed by atoms with E-state index in [0.29, 0.717) is 70.2 Å². The van der Waals surface area contributed by atoms with Crippen molar-refractivity contribution in [3.05, 3.63) is 79.0 Å². The Morgan fingerprint density at radius 3 is 2.24 bits per heavy atom. The fraction of sp³-hybridized carbons (Fsp3) is 0.387. The summed E-state index contributed by atoms with van der Waals surface area (Å²) in [5.41, 5.74) is 1.40. The van der Waals surface area contributed by atoms with Crippen LogP contribution in [0.25, 0.3) is 6.08 Å². The van der Waals surface area contributed by atoms with Crippen LogP contribution < -0.4 is 33.8 Å². The molecule has 0 radical (unpaired) electrons. The lowest BCUT2D eigenvalue weighted by Crippen LogP contribution is -2.39. The number of nitrogens with zero attached hydrogens (tertiary/aromatic N) is 2. The quantitative estimate of drug-likeness (QED) is 0.296. The van der Waals surface area contributed by atoms with E-state index in [1.165, 1.54) is 29.2 Å². The second kappa shape index (κ2) is 13.5. The Kier molecular flexibility index (Phi) is 9.88. The molecular weight excluding hydrogens is 544 g/mol. The maximum atomic E-state index is 13.9. The third kappa shape index (κ3) is 6.65. The largest absolute Gasteiger partial charge is 0.490 e. The van der Waals surface area contributed by atoms with Crippen molar-refractivity contribution in [2.24, 2.45) is 10.9 Å². The Morgan fingerprint density at radius 2 is 1.59 bits per heavy atom. The smallest absolute Gasteiger partial charge is 0.337 e. The van der Waals surface area contributed by atoms with Gasteiger partial charge in [-0.3, -0.25) is 9.36 Å². The number of thiazole rings is 1. The first-order valence-electron chi connectivity index (χ1n) is 13.7. The molecule has 1 aliphatic heterocycles. The molecule has 0 spiro atoms. The van der Waals surface area contributed by atoms with Gasteiger partial charge in [0.1, 0.15) is 0 Å². The predicted molar refractivity (Wildman–Crippen MR) is 158 cm³/mol. The van der Waals surface area contributed by atoms with Gasteiger partial charge in [0.25, 0.3) is 5.56 Å². The molecule has 0 unspecified atom stereocenters. The van der Waals surface area contributed by atoms with Crippen molar-refractivity contribution < 1.29 is 28.5 Å². The van der Waals surface area contributed by atoms with Crippen LogP contribution >= 0.6 is 11.3 Å². The first-order valence-corrected chi connectivity index (χ1v) is 14.5. The molecule has 0 bridgehead atoms. The van der Waals surface area contributed by atoms with E-state index in [4.69, 9.17) is 23.7 Å². The van der Waals surface area contributed by atoms with Crippen LogP contribution in [0, 0.1) is 5.92 Å². The summed E-state index contributed by atoms with van der Waals surface area (Å²) in [6.07, 6.45) is 3.26. The number of esters is 1. The van der Waals surface area contributed by atoms with E-state index in [1.807, 2.05) is 45.0 Å². The first kappa shape index (κ1) is 29.9. The average Bonchev–Trinajstić information content (AvgIpc) is 3.27. The van der Waals surface area contributed by atoms with Gasteiger partial charge in [0.05, 0.1) is 49.7 Å². The van der Waals surface area contributed by atoms with Gasteiger partial charge >= 0.3 is 5.97 Å². The van der Waals surface area contributed by atoms with E-state index in [2.05, 4.69) is 18.8 Å². The predicted octanol–water partition coefficient (Wildman–Crippen LogP) is 4.25. The van der Waals surface area contributed by atoms with Gasteiger partial charge < -0.3 is 23.7 Å². The monoisotopic (exact) mass is 580 g/mol. The van der Waals surface area contributed by atoms with E-state index in [-0.39, 0.29) is 11.1 Å². The van der Waals surface area contributed by atoms with Crippen LogP contribution in [0.4, 0.5) is 0 Å². The molecule has 1 aliphatic rings. The summed E-state index contributed by atoms with van der Waals surface area (Å²) in [5.74, 6) is 2.17. The van der Waals surface area contributed by atoms with E-state index in [0.717, 1.165) is 5.56 Å². The zero-order valence-corrected chi connectivity index (χ0v) is 25.1. The number of fused-ring (bicyclic) bond motifs is 1. The number of rotatable bonds is 12. The SMILES string of the molecule is CCOc1ccc([C@H]2C(C(=O)OC)=CN=c3s/c(=C\c4ccc(OCC(C)C)c(OCC)c4)c(=O)n32)cc1OCC. The summed E-state index contributed by atoms with van der Waals surface area (Å²) in [7, 11) is 1.31. The molecule has 4 rings (SSSR count). The Balaban J connectivity index is 1.83. The molecule has 41 heavy (non-hydrogen) atoms. The lowest BCUT2D eigenvalue weighted by atomic mass is 9.97. The minimum atomic E-state index is -0.762. The topological polar surface area (TPSA) is 97.6 Å². The summed E-state index contributed by atoms with van der Waals surface area (Å²) in [4.78, 5) is 31.6. The summed E-state index contributed by atoms with van der Waals surface area (Å²) in [6, 6.07) is 10.2. The molecule has 0 fully saturated rings. The summed E-state index contributed by atoms with van der Waals surface area (Å²) in [5, 5.41) is 0. The third-order valence-corrected chi connectivity index (χ3v) is 7.14. The molecule has 10 heteroatoms. The Morgan fingerprint density at radius 1 is 0.951 bits per heavy atom. The van der Waals surface area contributed by atoms with Gasteiger partial charge in [0.15, 0.2) is 27.8 Å². The fourth-order valence-electron chi connectivity index (χ4n) is 4.40. The van der Waals surface area contributed by atoms with Crippen molar-refractivity contribution in [3.8, 4) is 23.0 Å². The molecule has 0 saturated carbocycles. The Hall–Kier alpha value is -4.05. The van der Waals surface area contributed by atoms with Crippen molar-refractivity contribution in [3.63, 3.8) is 0 Å².